The molecule has 1 aromatic carbocycles. The average molecular weight is 334 g/mol. The Hall–Kier alpha value is -2.46. The predicted molar refractivity (Wildman–Crippen MR) is 74.1 cm³/mol. The third kappa shape index (κ3) is 3.52. The second-order valence-corrected chi connectivity index (χ2v) is 4.77. The average Bonchev–Trinajstić information content (AvgIpc) is 2.44. The van der Waals surface area contributed by atoms with Crippen LogP contribution in [0.3, 0.4) is 0 Å². The minimum Gasteiger partial charge on any atom is -0.489 e. The smallest absolute Gasteiger partial charge is 0.274 e. The number of nitriles is 1. The Kier molecular flexibility index (Phi) is 4.27. The van der Waals surface area contributed by atoms with Gasteiger partial charge in [0.15, 0.2) is 0 Å². The van der Waals surface area contributed by atoms with Crippen LogP contribution < -0.4 is 4.74 Å². The largest absolute Gasteiger partial charge is 0.489 e. The quantitative estimate of drug-likeness (QED) is 0.633. The third-order valence-corrected chi connectivity index (χ3v) is 2.87. The van der Waals surface area contributed by atoms with Crippen LogP contribution in [0, 0.1) is 21.4 Å². The maximum absolute atomic E-state index is 10.7. The highest BCUT2D eigenvalue weighted by Crippen LogP contribution is 2.26. The molecule has 0 aliphatic carbocycles. The summed E-state index contributed by atoms with van der Waals surface area (Å²) >= 11 is 3.19. The van der Waals surface area contributed by atoms with Crippen molar-refractivity contribution in [2.45, 2.75) is 6.61 Å². The number of nitro groups is 1. The molecule has 0 amide bonds. The Morgan fingerprint density at radius 1 is 1.40 bits per heavy atom. The Labute approximate surface area is 122 Å². The van der Waals surface area contributed by atoms with E-state index in [-0.39, 0.29) is 12.3 Å². The zero-order valence-electron chi connectivity index (χ0n) is 10.1. The number of nitrogens with zero attached hydrogens (tertiary/aromatic N) is 3. The molecule has 0 N–H and O–H groups in total. The van der Waals surface area contributed by atoms with Crippen LogP contribution in [0.15, 0.2) is 41.0 Å². The van der Waals surface area contributed by atoms with Gasteiger partial charge in [-0.3, -0.25) is 10.1 Å². The lowest BCUT2D eigenvalue weighted by molar-refractivity contribution is -0.385. The molecule has 0 spiro atoms. The van der Waals surface area contributed by atoms with E-state index in [1.807, 2.05) is 6.07 Å². The molecule has 0 saturated heterocycles. The second-order valence-electron chi connectivity index (χ2n) is 3.85. The number of halogens is 1. The molecular weight excluding hydrogens is 326 g/mol. The molecule has 0 saturated carbocycles. The van der Waals surface area contributed by atoms with Gasteiger partial charge in [-0.2, -0.15) is 5.26 Å². The lowest BCUT2D eigenvalue weighted by Gasteiger charge is -2.06. The van der Waals surface area contributed by atoms with Gasteiger partial charge in [-0.25, -0.2) is 4.98 Å². The molecule has 0 atom stereocenters. The van der Waals surface area contributed by atoms with Crippen molar-refractivity contribution in [3.63, 3.8) is 0 Å². The highest BCUT2D eigenvalue weighted by molar-refractivity contribution is 9.10. The first-order valence-electron chi connectivity index (χ1n) is 5.51. The first-order chi connectivity index (χ1) is 9.58. The van der Waals surface area contributed by atoms with Gasteiger partial charge in [0, 0.05) is 16.7 Å². The number of hydrogen-bond donors (Lipinski definition) is 0. The van der Waals surface area contributed by atoms with Crippen LogP contribution in [0.5, 0.6) is 5.75 Å². The summed E-state index contributed by atoms with van der Waals surface area (Å²) in [6.07, 6.45) is 1.51. The van der Waals surface area contributed by atoms with Gasteiger partial charge in [-0.05, 0) is 23.8 Å². The highest BCUT2D eigenvalue weighted by Gasteiger charge is 2.09. The SMILES string of the molecule is N#Cc1cc(COc2cc(Br)cc([N+](=O)[O-])c2)ccn1. The molecule has 6 nitrogen and oxygen atoms in total. The maximum atomic E-state index is 10.7. The number of non-ortho nitro benzene ring substituents is 1. The molecule has 1 heterocycles. The Bertz CT molecular complexity index is 698. The molecule has 2 rings (SSSR count). The normalized spacial score (nSPS) is 9.80. The maximum Gasteiger partial charge on any atom is 0.274 e. The van der Waals surface area contributed by atoms with Gasteiger partial charge < -0.3 is 4.74 Å². The molecule has 2 aromatic rings. The van der Waals surface area contributed by atoms with Gasteiger partial charge in [0.25, 0.3) is 5.69 Å². The van der Waals surface area contributed by atoms with Crippen molar-refractivity contribution in [1.82, 2.24) is 4.98 Å². The van der Waals surface area contributed by atoms with E-state index < -0.39 is 4.92 Å². The predicted octanol–water partition coefficient (Wildman–Crippen LogP) is 3.20. The molecule has 0 radical (unpaired) electrons. The molecule has 100 valence electrons. The van der Waals surface area contributed by atoms with E-state index >= 15 is 0 Å². The number of hydrogen-bond acceptors (Lipinski definition) is 5. The summed E-state index contributed by atoms with van der Waals surface area (Å²) in [6.45, 7) is 0.199. The van der Waals surface area contributed by atoms with E-state index in [0.29, 0.717) is 15.9 Å². The standard InChI is InChI=1S/C13H8BrN3O3/c14-10-4-12(17(18)19)6-13(5-10)20-8-9-1-2-16-11(3-9)7-15/h1-6H,8H2. The van der Waals surface area contributed by atoms with Crippen molar-refractivity contribution in [3.05, 3.63) is 62.4 Å². The van der Waals surface area contributed by atoms with Gasteiger partial charge in [-0.1, -0.05) is 15.9 Å². The summed E-state index contributed by atoms with van der Waals surface area (Å²) in [5, 5.41) is 19.5. The first-order valence-corrected chi connectivity index (χ1v) is 6.30. The molecular formula is C13H8BrN3O3. The first kappa shape index (κ1) is 14.0. The minimum atomic E-state index is -0.488. The van der Waals surface area contributed by atoms with Crippen LogP contribution in [0.4, 0.5) is 5.69 Å². The number of rotatable bonds is 4. The van der Waals surface area contributed by atoms with Crippen LogP contribution in [-0.2, 0) is 6.61 Å². The van der Waals surface area contributed by atoms with E-state index in [9.17, 15) is 10.1 Å². The Morgan fingerprint density at radius 3 is 2.90 bits per heavy atom. The van der Waals surface area contributed by atoms with Gasteiger partial charge in [0.1, 0.15) is 24.1 Å². The summed E-state index contributed by atoms with van der Waals surface area (Å²) in [5.74, 6) is 0.376. The van der Waals surface area contributed by atoms with Gasteiger partial charge >= 0.3 is 0 Å². The van der Waals surface area contributed by atoms with Gasteiger partial charge in [0.2, 0.25) is 0 Å². The summed E-state index contributed by atoms with van der Waals surface area (Å²) < 4.78 is 6.06. The number of benzene rings is 1. The summed E-state index contributed by atoms with van der Waals surface area (Å²) in [6, 6.07) is 9.63. The number of nitro benzene ring substituents is 1. The van der Waals surface area contributed by atoms with Crippen molar-refractivity contribution >= 4 is 21.6 Å². The van der Waals surface area contributed by atoms with E-state index in [4.69, 9.17) is 10.00 Å². The monoisotopic (exact) mass is 333 g/mol. The second kappa shape index (κ2) is 6.12. The van der Waals surface area contributed by atoms with Crippen LogP contribution in [0.2, 0.25) is 0 Å². The van der Waals surface area contributed by atoms with Gasteiger partial charge in [-0.15, -0.1) is 0 Å². The van der Waals surface area contributed by atoms with E-state index in [0.717, 1.165) is 5.56 Å². The van der Waals surface area contributed by atoms with Crippen molar-refractivity contribution in [2.75, 3.05) is 0 Å². The van der Waals surface area contributed by atoms with Crippen molar-refractivity contribution in [1.29, 1.82) is 5.26 Å². The van der Waals surface area contributed by atoms with Crippen LogP contribution in [-0.4, -0.2) is 9.91 Å². The fourth-order valence-corrected chi connectivity index (χ4v) is 1.99. The van der Waals surface area contributed by atoms with Crippen LogP contribution in [0.25, 0.3) is 0 Å². The molecule has 0 aliphatic rings. The summed E-state index contributed by atoms with van der Waals surface area (Å²) in [7, 11) is 0. The summed E-state index contributed by atoms with van der Waals surface area (Å²) in [5.41, 5.74) is 1.01. The van der Waals surface area contributed by atoms with Crippen molar-refractivity contribution < 1.29 is 9.66 Å². The lowest BCUT2D eigenvalue weighted by Crippen LogP contribution is -1.98. The third-order valence-electron chi connectivity index (χ3n) is 2.41. The molecule has 1 aromatic heterocycles. The Balaban J connectivity index is 2.14. The van der Waals surface area contributed by atoms with Crippen molar-refractivity contribution in [2.24, 2.45) is 0 Å². The lowest BCUT2D eigenvalue weighted by atomic mass is 10.2. The fraction of sp³-hybridized carbons (Fsp3) is 0.0769. The molecule has 0 bridgehead atoms. The van der Waals surface area contributed by atoms with E-state index in [2.05, 4.69) is 20.9 Å². The zero-order chi connectivity index (χ0) is 14.5. The number of aromatic nitrogens is 1. The minimum absolute atomic E-state index is 0.0539. The van der Waals surface area contributed by atoms with E-state index in [1.54, 1.807) is 18.2 Å². The molecule has 7 heteroatoms. The molecule has 0 unspecified atom stereocenters. The Morgan fingerprint density at radius 2 is 2.20 bits per heavy atom. The number of pyridine rings is 1. The molecule has 0 fully saturated rings. The molecule has 20 heavy (non-hydrogen) atoms. The van der Waals surface area contributed by atoms with Crippen LogP contribution in [0.1, 0.15) is 11.3 Å². The fourth-order valence-electron chi connectivity index (χ4n) is 1.53. The topological polar surface area (TPSA) is 89.0 Å². The number of ether oxygens (including phenoxy) is 1. The molecule has 0 aliphatic heterocycles. The zero-order valence-corrected chi connectivity index (χ0v) is 11.7. The highest BCUT2D eigenvalue weighted by atomic mass is 79.9. The van der Waals surface area contributed by atoms with Crippen LogP contribution >= 0.6 is 15.9 Å². The van der Waals surface area contributed by atoms with E-state index in [1.165, 1.54) is 18.3 Å². The van der Waals surface area contributed by atoms with Gasteiger partial charge in [0.05, 0.1) is 11.0 Å². The van der Waals surface area contributed by atoms with Crippen molar-refractivity contribution in [3.8, 4) is 11.8 Å². The summed E-state index contributed by atoms with van der Waals surface area (Å²) in [4.78, 5) is 14.1.